The lowest BCUT2D eigenvalue weighted by atomic mass is 9.99. The number of carboxylic acids is 1. The number of aliphatic carboxylic acids is 1. The average Bonchev–Trinajstić information content (AvgIpc) is 3.10. The van der Waals surface area contributed by atoms with E-state index in [4.69, 9.17) is 4.74 Å². The van der Waals surface area contributed by atoms with Crippen molar-refractivity contribution >= 4 is 23.5 Å². The minimum atomic E-state index is -1.01. The number of methoxy groups -OCH3 is 1. The van der Waals surface area contributed by atoms with Gasteiger partial charge in [-0.3, -0.25) is 14.4 Å². The van der Waals surface area contributed by atoms with Gasteiger partial charge in [0.05, 0.1) is 24.6 Å². The first-order valence-corrected chi connectivity index (χ1v) is 9.41. The Kier molecular flexibility index (Phi) is 6.16. The molecule has 2 N–H and O–H groups in total. The van der Waals surface area contributed by atoms with Crippen LogP contribution in [0.2, 0.25) is 0 Å². The van der Waals surface area contributed by atoms with Crippen molar-refractivity contribution in [1.29, 1.82) is 0 Å². The van der Waals surface area contributed by atoms with E-state index in [1.807, 2.05) is 19.1 Å². The molecule has 0 aliphatic carbocycles. The molecular weight excluding hydrogens is 372 g/mol. The zero-order valence-electron chi connectivity index (χ0n) is 16.4. The molecule has 7 heteroatoms. The number of carbonyl (C=O) groups excluding carboxylic acids is 2. The van der Waals surface area contributed by atoms with Gasteiger partial charge in [0.25, 0.3) is 0 Å². The highest BCUT2D eigenvalue weighted by Gasteiger charge is 2.36. The van der Waals surface area contributed by atoms with Crippen LogP contribution in [-0.4, -0.2) is 43.1 Å². The number of hydrogen-bond donors (Lipinski definition) is 2. The Hall–Kier alpha value is -3.35. The van der Waals surface area contributed by atoms with Gasteiger partial charge >= 0.3 is 5.97 Å². The molecule has 1 heterocycles. The molecule has 1 aliphatic heterocycles. The van der Waals surface area contributed by atoms with Gasteiger partial charge in [-0.2, -0.15) is 0 Å². The van der Waals surface area contributed by atoms with E-state index in [9.17, 15) is 19.5 Å². The summed E-state index contributed by atoms with van der Waals surface area (Å²) >= 11 is 0. The van der Waals surface area contributed by atoms with E-state index in [0.717, 1.165) is 5.56 Å². The number of amides is 2. The second-order valence-corrected chi connectivity index (χ2v) is 7.13. The number of nitrogens with one attached hydrogen (secondary N) is 1. The molecule has 0 spiro atoms. The summed E-state index contributed by atoms with van der Waals surface area (Å²) in [5, 5.41) is 12.2. The number of rotatable bonds is 7. The Morgan fingerprint density at radius 1 is 1.24 bits per heavy atom. The molecule has 2 amide bonds. The molecule has 29 heavy (non-hydrogen) atoms. The second-order valence-electron chi connectivity index (χ2n) is 7.13. The van der Waals surface area contributed by atoms with Crippen molar-refractivity contribution in [2.75, 3.05) is 25.1 Å². The van der Waals surface area contributed by atoms with Crippen molar-refractivity contribution in [3.8, 4) is 5.75 Å². The fraction of sp³-hybridized carbons (Fsp3) is 0.318. The molecule has 0 saturated carbocycles. The summed E-state index contributed by atoms with van der Waals surface area (Å²) in [5.41, 5.74) is 2.24. The van der Waals surface area contributed by atoms with E-state index in [0.29, 0.717) is 17.0 Å². The Balaban J connectivity index is 1.68. The SMILES string of the molecule is COc1ccc(C)cc1N1CC(C(=O)NCC(C(=O)O)c2ccccc2)CC1=O. The van der Waals surface area contributed by atoms with E-state index >= 15 is 0 Å². The summed E-state index contributed by atoms with van der Waals surface area (Å²) in [6, 6.07) is 14.3. The summed E-state index contributed by atoms with van der Waals surface area (Å²) in [7, 11) is 1.54. The van der Waals surface area contributed by atoms with Gasteiger partial charge < -0.3 is 20.1 Å². The molecule has 1 fully saturated rings. The summed E-state index contributed by atoms with van der Waals surface area (Å²) in [4.78, 5) is 38.3. The quantitative estimate of drug-likeness (QED) is 0.749. The fourth-order valence-corrected chi connectivity index (χ4v) is 3.51. The van der Waals surface area contributed by atoms with Gasteiger partial charge in [0.2, 0.25) is 11.8 Å². The number of aryl methyl sites for hydroxylation is 1. The molecule has 2 unspecified atom stereocenters. The van der Waals surface area contributed by atoms with E-state index in [-0.39, 0.29) is 31.3 Å². The third kappa shape index (κ3) is 4.56. The second kappa shape index (κ2) is 8.77. The lowest BCUT2D eigenvalue weighted by molar-refractivity contribution is -0.138. The van der Waals surface area contributed by atoms with Crippen LogP contribution in [0.3, 0.4) is 0 Å². The summed E-state index contributed by atoms with van der Waals surface area (Å²) in [6.07, 6.45) is 0.0754. The van der Waals surface area contributed by atoms with E-state index in [1.165, 1.54) is 7.11 Å². The van der Waals surface area contributed by atoms with Crippen molar-refractivity contribution in [2.45, 2.75) is 19.3 Å². The minimum absolute atomic E-state index is 0.0311. The zero-order valence-corrected chi connectivity index (χ0v) is 16.4. The monoisotopic (exact) mass is 396 g/mol. The smallest absolute Gasteiger partial charge is 0.312 e. The van der Waals surface area contributed by atoms with Crippen molar-refractivity contribution in [1.82, 2.24) is 5.32 Å². The molecule has 2 atom stereocenters. The topological polar surface area (TPSA) is 95.9 Å². The standard InChI is InChI=1S/C22H24N2O5/c1-14-8-9-19(29-2)18(10-14)24-13-16(11-20(24)25)21(26)23-12-17(22(27)28)15-6-4-3-5-7-15/h3-10,16-17H,11-13H2,1-2H3,(H,23,26)(H,27,28). The summed E-state index contributed by atoms with van der Waals surface area (Å²) in [5.74, 6) is -2.31. The Morgan fingerprint density at radius 3 is 2.62 bits per heavy atom. The molecule has 0 aromatic heterocycles. The Bertz CT molecular complexity index is 913. The maximum atomic E-state index is 12.6. The van der Waals surface area contributed by atoms with E-state index < -0.39 is 17.8 Å². The molecule has 2 aromatic carbocycles. The van der Waals surface area contributed by atoms with Gasteiger partial charge in [-0.25, -0.2) is 0 Å². The predicted octanol–water partition coefficient (Wildman–Crippen LogP) is 2.34. The third-order valence-electron chi connectivity index (χ3n) is 5.10. The van der Waals surface area contributed by atoms with E-state index in [2.05, 4.69) is 5.32 Å². The highest BCUT2D eigenvalue weighted by atomic mass is 16.5. The first kappa shape index (κ1) is 20.4. The van der Waals surface area contributed by atoms with Crippen LogP contribution in [-0.2, 0) is 14.4 Å². The molecule has 3 rings (SSSR count). The van der Waals surface area contributed by atoms with Crippen LogP contribution in [0.25, 0.3) is 0 Å². The Morgan fingerprint density at radius 2 is 1.97 bits per heavy atom. The Labute approximate surface area is 169 Å². The fourth-order valence-electron chi connectivity index (χ4n) is 3.51. The maximum absolute atomic E-state index is 12.6. The average molecular weight is 396 g/mol. The molecule has 1 saturated heterocycles. The number of ether oxygens (including phenoxy) is 1. The van der Waals surface area contributed by atoms with Crippen LogP contribution in [0.5, 0.6) is 5.75 Å². The highest BCUT2D eigenvalue weighted by molar-refractivity contribution is 6.01. The number of anilines is 1. The van der Waals surface area contributed by atoms with Crippen molar-refractivity contribution in [2.24, 2.45) is 5.92 Å². The number of hydrogen-bond acceptors (Lipinski definition) is 4. The number of carbonyl (C=O) groups is 3. The van der Waals surface area contributed by atoms with Gasteiger partial charge in [0, 0.05) is 19.5 Å². The van der Waals surface area contributed by atoms with Gasteiger partial charge in [-0.05, 0) is 30.2 Å². The summed E-state index contributed by atoms with van der Waals surface area (Å²) < 4.78 is 5.35. The third-order valence-corrected chi connectivity index (χ3v) is 5.10. The van der Waals surface area contributed by atoms with Crippen molar-refractivity contribution < 1.29 is 24.2 Å². The molecule has 0 radical (unpaired) electrons. The first-order valence-electron chi connectivity index (χ1n) is 9.41. The number of carboxylic acid groups (broad SMARTS) is 1. The van der Waals surface area contributed by atoms with Crippen molar-refractivity contribution in [3.63, 3.8) is 0 Å². The predicted molar refractivity (Wildman–Crippen MR) is 108 cm³/mol. The molecular formula is C22H24N2O5. The van der Waals surface area contributed by atoms with Crippen LogP contribution in [0.4, 0.5) is 5.69 Å². The molecule has 2 aromatic rings. The first-order chi connectivity index (χ1) is 13.9. The normalized spacial score (nSPS) is 17.1. The van der Waals surface area contributed by atoms with Crippen LogP contribution in [0, 0.1) is 12.8 Å². The molecule has 7 nitrogen and oxygen atoms in total. The molecule has 1 aliphatic rings. The van der Waals surface area contributed by atoms with Gasteiger partial charge in [0.1, 0.15) is 5.75 Å². The summed E-state index contributed by atoms with van der Waals surface area (Å²) in [6.45, 7) is 2.12. The van der Waals surface area contributed by atoms with E-state index in [1.54, 1.807) is 41.3 Å². The maximum Gasteiger partial charge on any atom is 0.312 e. The molecule has 152 valence electrons. The van der Waals surface area contributed by atoms with Crippen LogP contribution in [0.15, 0.2) is 48.5 Å². The molecule has 0 bridgehead atoms. The van der Waals surface area contributed by atoms with Gasteiger partial charge in [-0.1, -0.05) is 36.4 Å². The van der Waals surface area contributed by atoms with Gasteiger partial charge in [0.15, 0.2) is 0 Å². The lowest BCUT2D eigenvalue weighted by Gasteiger charge is -2.20. The number of nitrogens with zero attached hydrogens (tertiary/aromatic N) is 1. The zero-order chi connectivity index (χ0) is 21.0. The van der Waals surface area contributed by atoms with Crippen LogP contribution in [0.1, 0.15) is 23.5 Å². The highest BCUT2D eigenvalue weighted by Crippen LogP contribution is 2.34. The van der Waals surface area contributed by atoms with Crippen molar-refractivity contribution in [3.05, 3.63) is 59.7 Å². The van der Waals surface area contributed by atoms with Gasteiger partial charge in [-0.15, -0.1) is 0 Å². The minimum Gasteiger partial charge on any atom is -0.495 e. The largest absolute Gasteiger partial charge is 0.495 e. The van der Waals surface area contributed by atoms with Crippen LogP contribution < -0.4 is 15.0 Å². The number of benzene rings is 2. The lowest BCUT2D eigenvalue weighted by Crippen LogP contribution is -2.37. The van der Waals surface area contributed by atoms with Crippen LogP contribution >= 0.6 is 0 Å².